The normalized spacial score (nSPS) is 23.6. The average Bonchev–Trinajstić information content (AvgIpc) is 2.50. The molecule has 1 aliphatic heterocycles. The molecule has 1 unspecified atom stereocenters. The zero-order valence-electron chi connectivity index (χ0n) is 9.54. The molecule has 0 bridgehead atoms. The molecule has 1 saturated heterocycles. The third kappa shape index (κ3) is 4.94. The smallest absolute Gasteiger partial charge is 0.0489 e. The van der Waals surface area contributed by atoms with Crippen molar-refractivity contribution >= 4 is 0 Å². The summed E-state index contributed by atoms with van der Waals surface area (Å²) in [5.74, 6) is 0.648. The highest BCUT2D eigenvalue weighted by molar-refractivity contribution is 4.77. The van der Waals surface area contributed by atoms with Gasteiger partial charge in [-0.05, 0) is 25.3 Å². The highest BCUT2D eigenvalue weighted by atomic mass is 16.5. The quantitative estimate of drug-likeness (QED) is 0.652. The minimum atomic E-state index is 0.409. The number of nitrogens with zero attached hydrogens (tertiary/aromatic N) is 1. The van der Waals surface area contributed by atoms with Gasteiger partial charge in [-0.2, -0.15) is 0 Å². The molecule has 0 aromatic heterocycles. The average molecular weight is 200 g/mol. The van der Waals surface area contributed by atoms with Gasteiger partial charge in [0.1, 0.15) is 0 Å². The van der Waals surface area contributed by atoms with Crippen LogP contribution in [0.25, 0.3) is 0 Å². The molecule has 1 rings (SSSR count). The maximum atomic E-state index is 5.82. The molecule has 0 aromatic carbocycles. The summed E-state index contributed by atoms with van der Waals surface area (Å²) in [6.45, 7) is 9.53. The van der Waals surface area contributed by atoms with Crippen molar-refractivity contribution in [1.82, 2.24) is 4.90 Å². The summed E-state index contributed by atoms with van der Waals surface area (Å²) >= 11 is 0. The third-order valence-corrected chi connectivity index (χ3v) is 2.52. The summed E-state index contributed by atoms with van der Waals surface area (Å²) in [5, 5.41) is 0. The van der Waals surface area contributed by atoms with Crippen LogP contribution in [0.3, 0.4) is 0 Å². The molecule has 0 radical (unpaired) electrons. The van der Waals surface area contributed by atoms with Crippen LogP contribution in [0.15, 0.2) is 0 Å². The molecule has 1 atom stereocenters. The van der Waals surface area contributed by atoms with Crippen LogP contribution >= 0.6 is 0 Å². The van der Waals surface area contributed by atoms with E-state index >= 15 is 0 Å². The van der Waals surface area contributed by atoms with E-state index in [1.54, 1.807) is 0 Å². The van der Waals surface area contributed by atoms with Crippen molar-refractivity contribution in [3.63, 3.8) is 0 Å². The molecule has 0 aromatic rings. The molecule has 0 amide bonds. The maximum absolute atomic E-state index is 5.82. The Morgan fingerprint density at radius 1 is 1.50 bits per heavy atom. The van der Waals surface area contributed by atoms with Crippen LogP contribution in [0, 0.1) is 5.92 Å². The van der Waals surface area contributed by atoms with Crippen LogP contribution in [0.4, 0.5) is 0 Å². The number of ether oxygens (including phenoxy) is 1. The molecular weight excluding hydrogens is 176 g/mol. The first kappa shape index (κ1) is 12.0. The predicted octanol–water partition coefficient (Wildman–Crippen LogP) is 1.08. The maximum Gasteiger partial charge on any atom is 0.0489 e. The van der Waals surface area contributed by atoms with Crippen LogP contribution in [-0.2, 0) is 4.74 Å². The Morgan fingerprint density at radius 3 is 2.86 bits per heavy atom. The molecule has 0 saturated carbocycles. The molecule has 3 heteroatoms. The zero-order valence-corrected chi connectivity index (χ0v) is 9.54. The highest BCUT2D eigenvalue weighted by Crippen LogP contribution is 2.06. The summed E-state index contributed by atoms with van der Waals surface area (Å²) < 4.78 is 5.52. The van der Waals surface area contributed by atoms with Gasteiger partial charge in [-0.3, -0.25) is 0 Å². The van der Waals surface area contributed by atoms with Gasteiger partial charge in [0.2, 0.25) is 0 Å². The van der Waals surface area contributed by atoms with Gasteiger partial charge in [0.05, 0.1) is 0 Å². The van der Waals surface area contributed by atoms with Crippen LogP contribution in [0.5, 0.6) is 0 Å². The Balaban J connectivity index is 1.89. The molecule has 1 aliphatic rings. The van der Waals surface area contributed by atoms with Gasteiger partial charge in [-0.1, -0.05) is 13.8 Å². The largest absolute Gasteiger partial charge is 0.381 e. The Morgan fingerprint density at radius 2 is 2.29 bits per heavy atom. The summed E-state index contributed by atoms with van der Waals surface area (Å²) in [4.78, 5) is 2.43. The first-order chi connectivity index (χ1) is 6.68. The third-order valence-electron chi connectivity index (χ3n) is 2.52. The minimum absolute atomic E-state index is 0.409. The van der Waals surface area contributed by atoms with Crippen LogP contribution < -0.4 is 5.73 Å². The van der Waals surface area contributed by atoms with E-state index in [0.29, 0.717) is 12.0 Å². The van der Waals surface area contributed by atoms with E-state index in [4.69, 9.17) is 10.5 Å². The fraction of sp³-hybridized carbons (Fsp3) is 1.00. The number of rotatable bonds is 6. The molecule has 14 heavy (non-hydrogen) atoms. The van der Waals surface area contributed by atoms with E-state index in [2.05, 4.69) is 18.7 Å². The summed E-state index contributed by atoms with van der Waals surface area (Å²) in [5.41, 5.74) is 5.82. The van der Waals surface area contributed by atoms with E-state index in [1.165, 1.54) is 6.54 Å². The lowest BCUT2D eigenvalue weighted by Gasteiger charge is -2.15. The van der Waals surface area contributed by atoms with E-state index in [1.807, 2.05) is 0 Å². The number of hydrogen-bond acceptors (Lipinski definition) is 3. The minimum Gasteiger partial charge on any atom is -0.381 e. The van der Waals surface area contributed by atoms with Crippen LogP contribution in [0.1, 0.15) is 26.7 Å². The number of likely N-dealkylation sites (tertiary alicyclic amines) is 1. The predicted molar refractivity (Wildman–Crippen MR) is 59.3 cm³/mol. The molecule has 0 aliphatic carbocycles. The lowest BCUT2D eigenvalue weighted by Crippen LogP contribution is -2.27. The topological polar surface area (TPSA) is 38.5 Å². The fourth-order valence-corrected chi connectivity index (χ4v) is 1.77. The monoisotopic (exact) mass is 200 g/mol. The molecule has 3 nitrogen and oxygen atoms in total. The number of hydrogen-bond donors (Lipinski definition) is 1. The van der Waals surface area contributed by atoms with Gasteiger partial charge in [0.25, 0.3) is 0 Å². The first-order valence-corrected chi connectivity index (χ1v) is 5.74. The Labute approximate surface area is 87.6 Å². The van der Waals surface area contributed by atoms with Crippen LogP contribution in [0.2, 0.25) is 0 Å². The number of nitrogens with two attached hydrogens (primary N) is 1. The van der Waals surface area contributed by atoms with Crippen LogP contribution in [-0.4, -0.2) is 43.8 Å². The van der Waals surface area contributed by atoms with Gasteiger partial charge in [-0.25, -0.2) is 0 Å². The van der Waals surface area contributed by atoms with Crippen molar-refractivity contribution < 1.29 is 4.74 Å². The van der Waals surface area contributed by atoms with Crippen molar-refractivity contribution in [2.24, 2.45) is 11.7 Å². The Kier molecular flexibility index (Phi) is 5.45. The summed E-state index contributed by atoms with van der Waals surface area (Å²) in [6, 6.07) is 0.409. The Hall–Kier alpha value is -0.120. The second-order valence-electron chi connectivity index (χ2n) is 4.67. The van der Waals surface area contributed by atoms with Gasteiger partial charge < -0.3 is 15.4 Å². The lowest BCUT2D eigenvalue weighted by atomic mass is 10.2. The van der Waals surface area contributed by atoms with Crippen molar-refractivity contribution in [1.29, 1.82) is 0 Å². The van der Waals surface area contributed by atoms with Crippen molar-refractivity contribution in [3.05, 3.63) is 0 Å². The lowest BCUT2D eigenvalue weighted by molar-refractivity contribution is 0.101. The van der Waals surface area contributed by atoms with Gasteiger partial charge in [-0.15, -0.1) is 0 Å². The van der Waals surface area contributed by atoms with E-state index < -0.39 is 0 Å². The fourth-order valence-electron chi connectivity index (χ4n) is 1.77. The van der Waals surface area contributed by atoms with E-state index in [9.17, 15) is 0 Å². The summed E-state index contributed by atoms with van der Waals surface area (Å²) in [7, 11) is 0. The molecule has 1 heterocycles. The van der Waals surface area contributed by atoms with E-state index in [0.717, 1.165) is 39.1 Å². The molecule has 1 fully saturated rings. The highest BCUT2D eigenvalue weighted by Gasteiger charge is 2.17. The van der Waals surface area contributed by atoms with Gasteiger partial charge in [0, 0.05) is 32.3 Å². The SMILES string of the molecule is CC(C)COCCCN1CCC(N)C1. The van der Waals surface area contributed by atoms with Crippen molar-refractivity contribution in [3.8, 4) is 0 Å². The second-order valence-corrected chi connectivity index (χ2v) is 4.67. The van der Waals surface area contributed by atoms with Crippen molar-refractivity contribution in [2.45, 2.75) is 32.7 Å². The molecule has 84 valence electrons. The Bertz CT molecular complexity index is 150. The molecule has 2 N–H and O–H groups in total. The first-order valence-electron chi connectivity index (χ1n) is 5.74. The van der Waals surface area contributed by atoms with E-state index in [-0.39, 0.29) is 0 Å². The van der Waals surface area contributed by atoms with Crippen molar-refractivity contribution in [2.75, 3.05) is 32.8 Å². The van der Waals surface area contributed by atoms with Gasteiger partial charge >= 0.3 is 0 Å². The van der Waals surface area contributed by atoms with Gasteiger partial charge in [0.15, 0.2) is 0 Å². The summed E-state index contributed by atoms with van der Waals surface area (Å²) in [6.07, 6.45) is 2.30. The molecule has 0 spiro atoms. The zero-order chi connectivity index (χ0) is 10.4. The molecular formula is C11H24N2O. The standard InChI is InChI=1S/C11H24N2O/c1-10(2)9-14-7-3-5-13-6-4-11(12)8-13/h10-11H,3-9,12H2,1-2H3. The second kappa shape index (κ2) is 6.38.